The molecule has 0 aliphatic rings. The minimum atomic E-state index is 0.616. The number of hydrogen-bond donors (Lipinski definition) is 2. The Labute approximate surface area is 70.8 Å². The Balaban J connectivity index is 0.000000187. The maximum Gasteiger partial charge on any atom is 0.115 e. The lowest BCUT2D eigenvalue weighted by molar-refractivity contribution is 1.04. The van der Waals surface area contributed by atoms with E-state index in [-0.39, 0.29) is 0 Å². The highest BCUT2D eigenvalue weighted by atomic mass is 32.1. The molecule has 0 aromatic carbocycles. The van der Waals surface area contributed by atoms with E-state index in [2.05, 4.69) is 27.6 Å². The van der Waals surface area contributed by atoms with Crippen molar-refractivity contribution in [2.24, 2.45) is 5.84 Å². The zero-order valence-electron chi connectivity index (χ0n) is 6.19. The van der Waals surface area contributed by atoms with Gasteiger partial charge in [0.1, 0.15) is 6.33 Å². The van der Waals surface area contributed by atoms with Crippen LogP contribution < -0.4 is 11.3 Å². The molecule has 4 nitrogen and oxygen atoms in total. The maximum atomic E-state index is 4.78. The summed E-state index contributed by atoms with van der Waals surface area (Å²) < 4.78 is 0. The molecular weight excluding hydrogens is 160 g/mol. The first kappa shape index (κ1) is 9.93. The summed E-state index contributed by atoms with van der Waals surface area (Å²) in [5.41, 5.74) is 2.26. The molecule has 3 N–H and O–H groups in total. The molecule has 0 fully saturated rings. The van der Waals surface area contributed by atoms with Gasteiger partial charge >= 0.3 is 0 Å². The summed E-state index contributed by atoms with van der Waals surface area (Å²) in [4.78, 5) is 7.96. The summed E-state index contributed by atoms with van der Waals surface area (Å²) >= 11 is 4.46. The van der Waals surface area contributed by atoms with E-state index < -0.39 is 0 Å². The van der Waals surface area contributed by atoms with Gasteiger partial charge < -0.3 is 5.43 Å². The van der Waals surface area contributed by atoms with E-state index in [4.69, 9.17) is 5.84 Å². The summed E-state index contributed by atoms with van der Waals surface area (Å²) in [5, 5.41) is 0. The van der Waals surface area contributed by atoms with Crippen molar-refractivity contribution >= 4 is 17.2 Å². The summed E-state index contributed by atoms with van der Waals surface area (Å²) in [6.45, 7) is 1.72. The number of nitrogens with two attached hydrogens (primary N) is 1. The molecule has 0 saturated carbocycles. The molecule has 0 amide bonds. The third kappa shape index (κ3) is 8.93. The maximum absolute atomic E-state index is 4.78. The Morgan fingerprint density at radius 1 is 1.45 bits per heavy atom. The molecule has 1 rings (SSSR count). The molecule has 0 atom stereocenters. The average molecular weight is 170 g/mol. The fraction of sp³-hybridized carbons (Fsp3) is 0.167. The van der Waals surface area contributed by atoms with Crippen molar-refractivity contribution < 1.29 is 0 Å². The minimum absolute atomic E-state index is 0.616. The van der Waals surface area contributed by atoms with Gasteiger partial charge in [-0.1, -0.05) is 12.2 Å². The van der Waals surface area contributed by atoms with E-state index >= 15 is 0 Å². The number of rotatable bonds is 0. The van der Waals surface area contributed by atoms with Crippen LogP contribution in [0.1, 0.15) is 6.92 Å². The van der Waals surface area contributed by atoms with E-state index in [0.29, 0.717) is 4.99 Å². The quantitative estimate of drug-likeness (QED) is 0.332. The van der Waals surface area contributed by atoms with Crippen molar-refractivity contribution in [2.45, 2.75) is 6.92 Å². The number of nitrogens with zero attached hydrogens (tertiary/aromatic N) is 2. The Hall–Kier alpha value is -1.07. The van der Waals surface area contributed by atoms with Gasteiger partial charge in [0.15, 0.2) is 0 Å². The second-order valence-electron chi connectivity index (χ2n) is 1.60. The van der Waals surface area contributed by atoms with Crippen LogP contribution >= 0.6 is 12.2 Å². The van der Waals surface area contributed by atoms with Gasteiger partial charge in [-0.2, -0.15) is 0 Å². The fourth-order valence-corrected chi connectivity index (χ4v) is 0.253. The first-order chi connectivity index (χ1) is 5.27. The molecule has 0 saturated heterocycles. The average Bonchev–Trinajstić information content (AvgIpc) is 2.09. The van der Waals surface area contributed by atoms with Crippen molar-refractivity contribution in [2.75, 3.05) is 0 Å². The standard InChI is InChI=1S/C4H4N2.C2H6N2S/c1-2-5-4-6-3-1;1-2(5)4-3/h1-4H;3H2,1H3,(H,4,5). The van der Waals surface area contributed by atoms with Crippen LogP contribution in [0.15, 0.2) is 24.8 Å². The SMILES string of the molecule is CC(=S)NN.c1cncnc1. The molecule has 0 unspecified atom stereocenters. The zero-order valence-corrected chi connectivity index (χ0v) is 7.01. The van der Waals surface area contributed by atoms with E-state index in [1.165, 1.54) is 6.33 Å². The highest BCUT2D eigenvalue weighted by molar-refractivity contribution is 7.80. The van der Waals surface area contributed by atoms with Gasteiger partial charge in [0.2, 0.25) is 0 Å². The van der Waals surface area contributed by atoms with Crippen molar-refractivity contribution in [3.8, 4) is 0 Å². The third-order valence-corrected chi connectivity index (χ3v) is 0.799. The van der Waals surface area contributed by atoms with Crippen LogP contribution in [0.25, 0.3) is 0 Å². The van der Waals surface area contributed by atoms with Crippen molar-refractivity contribution in [3.05, 3.63) is 24.8 Å². The fourth-order valence-electron chi connectivity index (χ4n) is 0.253. The zero-order chi connectivity index (χ0) is 8.53. The van der Waals surface area contributed by atoms with Crippen LogP contribution in [0.4, 0.5) is 0 Å². The van der Waals surface area contributed by atoms with Gasteiger partial charge in [0.05, 0.1) is 4.99 Å². The second-order valence-corrected chi connectivity index (χ2v) is 2.22. The van der Waals surface area contributed by atoms with Crippen LogP contribution in [0, 0.1) is 0 Å². The highest BCUT2D eigenvalue weighted by Gasteiger charge is 1.66. The molecule has 0 radical (unpaired) electrons. The van der Waals surface area contributed by atoms with Crippen LogP contribution in [0.5, 0.6) is 0 Å². The van der Waals surface area contributed by atoms with Gasteiger partial charge in [0.25, 0.3) is 0 Å². The number of nitrogens with one attached hydrogen (secondary N) is 1. The normalized spacial score (nSPS) is 7.45. The Morgan fingerprint density at radius 3 is 2.00 bits per heavy atom. The number of hydrogen-bond acceptors (Lipinski definition) is 4. The molecule has 60 valence electrons. The number of thiocarbonyl (C=S) groups is 1. The van der Waals surface area contributed by atoms with Crippen LogP contribution in [0.2, 0.25) is 0 Å². The van der Waals surface area contributed by atoms with E-state index in [1.807, 2.05) is 0 Å². The predicted molar refractivity (Wildman–Crippen MR) is 47.6 cm³/mol. The topological polar surface area (TPSA) is 63.8 Å². The smallest absolute Gasteiger partial charge is 0.115 e. The van der Waals surface area contributed by atoms with Gasteiger partial charge in [0, 0.05) is 12.4 Å². The van der Waals surface area contributed by atoms with E-state index in [1.54, 1.807) is 25.4 Å². The summed E-state index contributed by atoms with van der Waals surface area (Å²) in [7, 11) is 0. The molecule has 1 aromatic heterocycles. The molecule has 1 aromatic rings. The second kappa shape index (κ2) is 7.04. The number of aromatic nitrogens is 2. The Morgan fingerprint density at radius 2 is 1.91 bits per heavy atom. The van der Waals surface area contributed by atoms with Gasteiger partial charge in [-0.25, -0.2) is 9.97 Å². The lowest BCUT2D eigenvalue weighted by atomic mass is 10.7. The number of hydrazine groups is 1. The lowest BCUT2D eigenvalue weighted by Crippen LogP contribution is -2.25. The van der Waals surface area contributed by atoms with E-state index in [0.717, 1.165) is 0 Å². The van der Waals surface area contributed by atoms with Gasteiger partial charge in [-0.15, -0.1) is 0 Å². The molecule has 0 bridgehead atoms. The molecule has 1 heterocycles. The van der Waals surface area contributed by atoms with E-state index in [9.17, 15) is 0 Å². The highest BCUT2D eigenvalue weighted by Crippen LogP contribution is 1.66. The summed E-state index contributed by atoms with van der Waals surface area (Å²) in [5.74, 6) is 4.78. The molecule has 0 aliphatic heterocycles. The third-order valence-electron chi connectivity index (χ3n) is 0.681. The summed E-state index contributed by atoms with van der Waals surface area (Å²) in [6, 6.07) is 1.78. The Kier molecular flexibility index (Phi) is 6.36. The van der Waals surface area contributed by atoms with Crippen molar-refractivity contribution in [1.29, 1.82) is 0 Å². The first-order valence-corrected chi connectivity index (χ1v) is 3.35. The monoisotopic (exact) mass is 170 g/mol. The lowest BCUT2D eigenvalue weighted by Gasteiger charge is -1.85. The van der Waals surface area contributed by atoms with Crippen molar-refractivity contribution in [1.82, 2.24) is 15.4 Å². The molecule has 0 aliphatic carbocycles. The molecular formula is C6H10N4S. The molecule has 5 heteroatoms. The molecule has 11 heavy (non-hydrogen) atoms. The van der Waals surface area contributed by atoms with Crippen LogP contribution in [-0.2, 0) is 0 Å². The predicted octanol–water partition coefficient (Wildman–Crippen LogP) is 0.274. The van der Waals surface area contributed by atoms with Gasteiger partial charge in [-0.3, -0.25) is 5.84 Å². The van der Waals surface area contributed by atoms with Crippen LogP contribution in [0.3, 0.4) is 0 Å². The van der Waals surface area contributed by atoms with Crippen molar-refractivity contribution in [3.63, 3.8) is 0 Å². The minimum Gasteiger partial charge on any atom is -0.318 e. The van der Waals surface area contributed by atoms with Gasteiger partial charge in [-0.05, 0) is 13.0 Å². The largest absolute Gasteiger partial charge is 0.318 e. The van der Waals surface area contributed by atoms with Crippen LogP contribution in [-0.4, -0.2) is 15.0 Å². The summed E-state index contributed by atoms with van der Waals surface area (Å²) in [6.07, 6.45) is 4.88. The first-order valence-electron chi connectivity index (χ1n) is 2.94. The molecule has 0 spiro atoms. The Bertz CT molecular complexity index is 162.